The minimum Gasteiger partial charge on any atom is -0.497 e. The minimum absolute atomic E-state index is 0.00549. The third-order valence-corrected chi connectivity index (χ3v) is 4.28. The van der Waals surface area contributed by atoms with Crippen LogP contribution in [0.25, 0.3) is 11.4 Å². The zero-order valence-electron chi connectivity index (χ0n) is 15.1. The number of carbonyl (C=O) groups is 1. The van der Waals surface area contributed by atoms with Crippen molar-refractivity contribution < 1.29 is 27.2 Å². The van der Waals surface area contributed by atoms with E-state index in [1.54, 1.807) is 31.4 Å². The lowest BCUT2D eigenvalue weighted by molar-refractivity contribution is -0.137. The third-order valence-electron chi connectivity index (χ3n) is 3.95. The summed E-state index contributed by atoms with van der Waals surface area (Å²) in [5.41, 5.74) is -0.310. The molecule has 10 heteroatoms. The molecule has 0 saturated heterocycles. The molecule has 3 aromatic rings. The minimum atomic E-state index is -4.54. The summed E-state index contributed by atoms with van der Waals surface area (Å²) < 4.78 is 48.6. The first-order chi connectivity index (χ1) is 13.8. The molecule has 29 heavy (non-hydrogen) atoms. The Hall–Kier alpha value is -3.07. The molecule has 0 saturated carbocycles. The van der Waals surface area contributed by atoms with Gasteiger partial charge in [-0.2, -0.15) is 18.2 Å². The summed E-state index contributed by atoms with van der Waals surface area (Å²) in [7, 11) is 1.55. The van der Waals surface area contributed by atoms with E-state index in [1.165, 1.54) is 0 Å². The van der Waals surface area contributed by atoms with Crippen LogP contribution in [0.4, 0.5) is 18.9 Å². The van der Waals surface area contributed by atoms with Crippen molar-refractivity contribution in [2.45, 2.75) is 19.0 Å². The number of carbonyl (C=O) groups excluding carboxylic acids is 1. The molecule has 0 unspecified atom stereocenters. The van der Waals surface area contributed by atoms with Crippen LogP contribution in [-0.4, -0.2) is 23.2 Å². The first-order valence-electron chi connectivity index (χ1n) is 8.40. The second-order valence-corrected chi connectivity index (χ2v) is 6.39. The van der Waals surface area contributed by atoms with Crippen molar-refractivity contribution in [2.24, 2.45) is 0 Å². The number of nitrogens with zero attached hydrogens (tertiary/aromatic N) is 2. The number of halogens is 4. The van der Waals surface area contributed by atoms with Crippen molar-refractivity contribution in [2.75, 3.05) is 12.4 Å². The molecular weight excluding hydrogens is 411 g/mol. The van der Waals surface area contributed by atoms with Crippen molar-refractivity contribution in [3.63, 3.8) is 0 Å². The van der Waals surface area contributed by atoms with Gasteiger partial charge in [-0.1, -0.05) is 16.8 Å². The highest BCUT2D eigenvalue weighted by atomic mass is 35.5. The Kier molecular flexibility index (Phi) is 6.07. The Morgan fingerprint density at radius 2 is 1.93 bits per heavy atom. The highest BCUT2D eigenvalue weighted by molar-refractivity contribution is 6.33. The van der Waals surface area contributed by atoms with Gasteiger partial charge in [0.25, 0.3) is 0 Å². The fraction of sp³-hybridized carbons (Fsp3) is 0.211. The Bertz CT molecular complexity index is 1000. The molecule has 1 amide bonds. The predicted molar refractivity (Wildman–Crippen MR) is 99.7 cm³/mol. The predicted octanol–water partition coefficient (Wildman–Crippen LogP) is 4.99. The lowest BCUT2D eigenvalue weighted by Gasteiger charge is -2.11. The number of hydrogen-bond donors (Lipinski definition) is 1. The molecule has 0 spiro atoms. The van der Waals surface area contributed by atoms with Gasteiger partial charge in [0.15, 0.2) is 0 Å². The smallest absolute Gasteiger partial charge is 0.416 e. The van der Waals surface area contributed by atoms with E-state index in [1.807, 2.05) is 0 Å². The van der Waals surface area contributed by atoms with Crippen LogP contribution in [0.3, 0.4) is 0 Å². The second-order valence-electron chi connectivity index (χ2n) is 5.98. The van der Waals surface area contributed by atoms with Crippen molar-refractivity contribution in [1.29, 1.82) is 0 Å². The van der Waals surface area contributed by atoms with E-state index in [4.69, 9.17) is 20.9 Å². The molecule has 2 aromatic carbocycles. The molecule has 3 rings (SSSR count). The van der Waals surface area contributed by atoms with Crippen molar-refractivity contribution >= 4 is 23.2 Å². The molecule has 0 aliphatic heterocycles. The molecule has 0 fully saturated rings. The van der Waals surface area contributed by atoms with Crippen LogP contribution in [0.5, 0.6) is 5.75 Å². The van der Waals surface area contributed by atoms with Crippen LogP contribution >= 0.6 is 11.6 Å². The topological polar surface area (TPSA) is 77.2 Å². The summed E-state index contributed by atoms with van der Waals surface area (Å²) in [5.74, 6) is 0.725. The lowest BCUT2D eigenvalue weighted by atomic mass is 10.2. The molecule has 0 aliphatic rings. The molecule has 0 radical (unpaired) electrons. The van der Waals surface area contributed by atoms with Crippen LogP contribution < -0.4 is 10.1 Å². The van der Waals surface area contributed by atoms with Crippen molar-refractivity contribution in [3.8, 4) is 17.1 Å². The van der Waals surface area contributed by atoms with Crippen LogP contribution in [0, 0.1) is 0 Å². The fourth-order valence-electron chi connectivity index (χ4n) is 2.44. The summed E-state index contributed by atoms with van der Waals surface area (Å²) in [5, 5.41) is 6.23. The van der Waals surface area contributed by atoms with Crippen molar-refractivity contribution in [3.05, 3.63) is 58.9 Å². The first kappa shape index (κ1) is 20.7. The first-order valence-corrected chi connectivity index (χ1v) is 8.77. The summed E-state index contributed by atoms with van der Waals surface area (Å²) in [6.45, 7) is 0. The summed E-state index contributed by atoms with van der Waals surface area (Å²) in [4.78, 5) is 16.3. The fourth-order valence-corrected chi connectivity index (χ4v) is 2.61. The Morgan fingerprint density at radius 3 is 2.59 bits per heavy atom. The molecule has 0 bridgehead atoms. The Morgan fingerprint density at radius 1 is 1.21 bits per heavy atom. The Labute approximate surface area is 168 Å². The normalized spacial score (nSPS) is 11.3. The second kappa shape index (κ2) is 8.52. The number of nitrogens with one attached hydrogen (secondary N) is 1. The van der Waals surface area contributed by atoms with E-state index in [2.05, 4.69) is 15.5 Å². The average Bonchev–Trinajstić information content (AvgIpc) is 3.16. The van der Waals surface area contributed by atoms with Crippen molar-refractivity contribution in [1.82, 2.24) is 10.1 Å². The van der Waals surface area contributed by atoms with Crippen LogP contribution in [0.15, 0.2) is 47.0 Å². The molecule has 1 N–H and O–H groups in total. The lowest BCUT2D eigenvalue weighted by Crippen LogP contribution is -2.14. The van der Waals surface area contributed by atoms with Crippen LogP contribution in [0.2, 0.25) is 5.02 Å². The maximum absolute atomic E-state index is 12.8. The van der Waals surface area contributed by atoms with Crippen LogP contribution in [0.1, 0.15) is 17.9 Å². The maximum Gasteiger partial charge on any atom is 0.416 e. The van der Waals surface area contributed by atoms with Gasteiger partial charge < -0.3 is 14.6 Å². The number of anilines is 1. The molecule has 6 nitrogen and oxygen atoms in total. The monoisotopic (exact) mass is 425 g/mol. The van der Waals surface area contributed by atoms with E-state index < -0.39 is 17.6 Å². The average molecular weight is 426 g/mol. The number of aryl methyl sites for hydroxylation is 1. The number of hydrogen-bond acceptors (Lipinski definition) is 5. The van der Waals surface area contributed by atoms with Gasteiger partial charge in [0.05, 0.1) is 23.4 Å². The number of alkyl halides is 3. The van der Waals surface area contributed by atoms with E-state index in [-0.39, 0.29) is 29.4 Å². The maximum atomic E-state index is 12.8. The molecule has 0 aliphatic carbocycles. The highest BCUT2D eigenvalue weighted by Gasteiger charge is 2.31. The van der Waals surface area contributed by atoms with Gasteiger partial charge in [-0.3, -0.25) is 4.79 Å². The van der Waals surface area contributed by atoms with Gasteiger partial charge >= 0.3 is 6.18 Å². The van der Waals surface area contributed by atoms with Gasteiger partial charge in [-0.05, 0) is 42.5 Å². The van der Waals surface area contributed by atoms with Crippen LogP contribution in [-0.2, 0) is 17.4 Å². The zero-order chi connectivity index (χ0) is 21.0. The summed E-state index contributed by atoms with van der Waals surface area (Å²) in [6.07, 6.45) is -4.49. The largest absolute Gasteiger partial charge is 0.497 e. The SMILES string of the molecule is COc1ccc(-c2noc(CCC(=O)Nc3cc(C(F)(F)F)ccc3Cl)n2)cc1. The van der Waals surface area contributed by atoms with E-state index in [0.717, 1.165) is 18.2 Å². The zero-order valence-corrected chi connectivity index (χ0v) is 15.8. The third kappa shape index (κ3) is 5.26. The quantitative estimate of drug-likeness (QED) is 0.602. The summed E-state index contributed by atoms with van der Waals surface area (Å²) >= 11 is 5.87. The van der Waals surface area contributed by atoms with Gasteiger partial charge in [0.1, 0.15) is 5.75 Å². The van der Waals surface area contributed by atoms with Gasteiger partial charge in [0.2, 0.25) is 17.6 Å². The number of benzene rings is 2. The molecule has 1 heterocycles. The molecule has 152 valence electrons. The number of rotatable bonds is 6. The molecule has 1 aromatic heterocycles. The van der Waals surface area contributed by atoms with Gasteiger partial charge in [0, 0.05) is 18.4 Å². The van der Waals surface area contributed by atoms with E-state index >= 15 is 0 Å². The van der Waals surface area contributed by atoms with Gasteiger partial charge in [-0.25, -0.2) is 0 Å². The standard InChI is InChI=1S/C19H15ClF3N3O3/c1-28-13-5-2-11(3-6-13)18-25-17(29-26-18)9-8-16(27)24-15-10-12(19(21,22)23)4-7-14(15)20/h2-7,10H,8-9H2,1H3,(H,24,27). The molecule has 0 atom stereocenters. The number of ether oxygens (including phenoxy) is 1. The number of amides is 1. The number of aromatic nitrogens is 2. The van der Waals surface area contributed by atoms with E-state index in [0.29, 0.717) is 17.1 Å². The van der Waals surface area contributed by atoms with Gasteiger partial charge in [-0.15, -0.1) is 0 Å². The Balaban J connectivity index is 1.61. The molecular formula is C19H15ClF3N3O3. The van der Waals surface area contributed by atoms with E-state index in [9.17, 15) is 18.0 Å². The number of methoxy groups -OCH3 is 1. The highest BCUT2D eigenvalue weighted by Crippen LogP contribution is 2.33. The summed E-state index contributed by atoms with van der Waals surface area (Å²) in [6, 6.07) is 9.73.